The van der Waals surface area contributed by atoms with Crippen molar-refractivity contribution in [2.24, 2.45) is 0 Å². The molecule has 1 aliphatic rings. The Labute approximate surface area is 126 Å². The predicted molar refractivity (Wildman–Crippen MR) is 82.8 cm³/mol. The Hall–Kier alpha value is -1.40. The minimum Gasteiger partial charge on any atom is -0.309 e. The van der Waals surface area contributed by atoms with Gasteiger partial charge in [-0.2, -0.15) is 0 Å². The summed E-state index contributed by atoms with van der Waals surface area (Å²) >= 11 is 0. The predicted octanol–water partition coefficient (Wildman–Crippen LogP) is 2.06. The van der Waals surface area contributed by atoms with Crippen molar-refractivity contribution < 1.29 is 13.2 Å². The lowest BCUT2D eigenvalue weighted by atomic mass is 10.1. The molecule has 6 heteroatoms. The number of rotatable bonds is 4. The van der Waals surface area contributed by atoms with Gasteiger partial charge in [0.2, 0.25) is 15.9 Å². The Bertz CT molecular complexity index is 655. The summed E-state index contributed by atoms with van der Waals surface area (Å²) in [7, 11) is -3.50. The maximum Gasteiger partial charge on any atom is 0.240 e. The zero-order chi connectivity index (χ0) is 15.8. The highest BCUT2D eigenvalue weighted by Gasteiger charge is 2.30. The van der Waals surface area contributed by atoms with Crippen LogP contribution in [0.3, 0.4) is 0 Å². The van der Waals surface area contributed by atoms with Crippen LogP contribution in [0.25, 0.3) is 0 Å². The number of amides is 1. The van der Waals surface area contributed by atoms with Crippen LogP contribution in [0.5, 0.6) is 0 Å². The smallest absolute Gasteiger partial charge is 0.240 e. The summed E-state index contributed by atoms with van der Waals surface area (Å²) in [5.74, 6) is -0.0189. The number of carbonyl (C=O) groups is 1. The molecule has 21 heavy (non-hydrogen) atoms. The highest BCUT2D eigenvalue weighted by molar-refractivity contribution is 7.89. The van der Waals surface area contributed by atoms with Gasteiger partial charge in [-0.1, -0.05) is 6.92 Å². The number of hydrogen-bond donors (Lipinski definition) is 1. The summed E-state index contributed by atoms with van der Waals surface area (Å²) in [6, 6.07) is 4.94. The fourth-order valence-corrected chi connectivity index (χ4v) is 4.05. The van der Waals surface area contributed by atoms with Gasteiger partial charge in [0, 0.05) is 24.7 Å². The molecule has 0 saturated carbocycles. The van der Waals surface area contributed by atoms with Crippen LogP contribution < -0.4 is 9.62 Å². The van der Waals surface area contributed by atoms with E-state index in [1.165, 1.54) is 6.92 Å². The minimum atomic E-state index is -3.50. The molecule has 1 aromatic rings. The molecule has 2 rings (SSSR count). The molecule has 5 nitrogen and oxygen atoms in total. The van der Waals surface area contributed by atoms with E-state index in [0.717, 1.165) is 17.7 Å². The van der Waals surface area contributed by atoms with E-state index >= 15 is 0 Å². The number of benzene rings is 1. The molecule has 0 aliphatic carbocycles. The first-order valence-electron chi connectivity index (χ1n) is 7.21. The molecule has 116 valence electrons. The van der Waals surface area contributed by atoms with E-state index in [4.69, 9.17) is 0 Å². The summed E-state index contributed by atoms with van der Waals surface area (Å²) in [5.41, 5.74) is 1.72. The molecule has 0 spiro atoms. The van der Waals surface area contributed by atoms with E-state index in [9.17, 15) is 13.2 Å². The van der Waals surface area contributed by atoms with E-state index in [-0.39, 0.29) is 22.9 Å². The zero-order valence-corrected chi connectivity index (χ0v) is 13.7. The third kappa shape index (κ3) is 3.11. The van der Waals surface area contributed by atoms with E-state index in [0.29, 0.717) is 6.42 Å². The Morgan fingerprint density at radius 2 is 2.14 bits per heavy atom. The van der Waals surface area contributed by atoms with Gasteiger partial charge in [0.1, 0.15) is 0 Å². The molecule has 1 N–H and O–H groups in total. The normalized spacial score (nSPS) is 19.4. The lowest BCUT2D eigenvalue weighted by molar-refractivity contribution is -0.116. The maximum absolute atomic E-state index is 12.3. The van der Waals surface area contributed by atoms with Crippen LogP contribution in [0.2, 0.25) is 0 Å². The van der Waals surface area contributed by atoms with Crippen LogP contribution in [0.1, 0.15) is 39.7 Å². The van der Waals surface area contributed by atoms with Crippen LogP contribution in [-0.2, 0) is 21.2 Å². The fraction of sp³-hybridized carbons (Fsp3) is 0.533. The molecule has 0 saturated heterocycles. The monoisotopic (exact) mass is 310 g/mol. The number of nitrogens with zero attached hydrogens (tertiary/aromatic N) is 1. The highest BCUT2D eigenvalue weighted by atomic mass is 32.2. The average molecular weight is 310 g/mol. The Kier molecular flexibility index (Phi) is 4.39. The van der Waals surface area contributed by atoms with Gasteiger partial charge in [0.05, 0.1) is 4.90 Å². The molecule has 0 radical (unpaired) electrons. The second-order valence-electron chi connectivity index (χ2n) is 5.66. The standard InChI is InChI=1S/C15H22N2O3S/c1-5-10(2)16-21(19,20)14-6-7-15-13(9-14)8-11(3)17(15)12(4)18/h6-7,9-11,16H,5,8H2,1-4H3/t10-,11-/m1/s1. The molecule has 0 fully saturated rings. The second kappa shape index (κ2) is 5.77. The molecule has 1 aromatic carbocycles. The van der Waals surface area contributed by atoms with Gasteiger partial charge < -0.3 is 4.90 Å². The maximum atomic E-state index is 12.3. The van der Waals surface area contributed by atoms with E-state index < -0.39 is 10.0 Å². The molecule has 2 atom stereocenters. The number of carbonyl (C=O) groups excluding carboxylic acids is 1. The Morgan fingerprint density at radius 1 is 1.48 bits per heavy atom. The lowest BCUT2D eigenvalue weighted by Crippen LogP contribution is -2.33. The van der Waals surface area contributed by atoms with Gasteiger partial charge in [-0.25, -0.2) is 13.1 Å². The zero-order valence-electron chi connectivity index (χ0n) is 12.9. The summed E-state index contributed by atoms with van der Waals surface area (Å²) in [6.07, 6.45) is 1.42. The minimum absolute atomic E-state index is 0.0189. The number of sulfonamides is 1. The number of nitrogens with one attached hydrogen (secondary N) is 1. The van der Waals surface area contributed by atoms with Gasteiger partial charge in [0.25, 0.3) is 0 Å². The summed E-state index contributed by atoms with van der Waals surface area (Å²) < 4.78 is 27.3. The topological polar surface area (TPSA) is 66.5 Å². The summed E-state index contributed by atoms with van der Waals surface area (Å²) in [4.78, 5) is 13.7. The number of anilines is 1. The SMILES string of the molecule is CC[C@@H](C)NS(=O)(=O)c1ccc2c(c1)C[C@@H](C)N2C(C)=O. The summed E-state index contributed by atoms with van der Waals surface area (Å²) in [6.45, 7) is 7.26. The van der Waals surface area contributed by atoms with Crippen molar-refractivity contribution in [3.63, 3.8) is 0 Å². The van der Waals surface area contributed by atoms with Gasteiger partial charge >= 0.3 is 0 Å². The Morgan fingerprint density at radius 3 is 2.71 bits per heavy atom. The number of fused-ring (bicyclic) bond motifs is 1. The molecule has 0 bridgehead atoms. The molecular formula is C15H22N2O3S. The number of hydrogen-bond acceptors (Lipinski definition) is 3. The third-order valence-electron chi connectivity index (χ3n) is 3.88. The third-order valence-corrected chi connectivity index (χ3v) is 5.47. The van der Waals surface area contributed by atoms with Crippen molar-refractivity contribution in [3.05, 3.63) is 23.8 Å². The molecule has 1 amide bonds. The van der Waals surface area contributed by atoms with Crippen molar-refractivity contribution in [1.82, 2.24) is 4.72 Å². The first-order valence-corrected chi connectivity index (χ1v) is 8.69. The van der Waals surface area contributed by atoms with Crippen molar-refractivity contribution in [2.45, 2.75) is 57.5 Å². The Balaban J connectivity index is 2.36. The molecular weight excluding hydrogens is 288 g/mol. The largest absolute Gasteiger partial charge is 0.309 e. The summed E-state index contributed by atoms with van der Waals surface area (Å²) in [5, 5.41) is 0. The van der Waals surface area contributed by atoms with Gasteiger partial charge in [0.15, 0.2) is 0 Å². The second-order valence-corrected chi connectivity index (χ2v) is 7.38. The van der Waals surface area contributed by atoms with Gasteiger partial charge in [-0.15, -0.1) is 0 Å². The van der Waals surface area contributed by atoms with Crippen LogP contribution in [-0.4, -0.2) is 26.4 Å². The van der Waals surface area contributed by atoms with Crippen molar-refractivity contribution in [3.8, 4) is 0 Å². The fourth-order valence-electron chi connectivity index (χ4n) is 2.67. The molecule has 0 unspecified atom stereocenters. The highest BCUT2D eigenvalue weighted by Crippen LogP contribution is 2.33. The van der Waals surface area contributed by atoms with Crippen LogP contribution in [0.15, 0.2) is 23.1 Å². The first kappa shape index (κ1) is 16.0. The average Bonchev–Trinajstić information content (AvgIpc) is 2.72. The van der Waals surface area contributed by atoms with Gasteiger partial charge in [-0.3, -0.25) is 4.79 Å². The van der Waals surface area contributed by atoms with Gasteiger partial charge in [-0.05, 0) is 50.5 Å². The molecule has 1 heterocycles. The van der Waals surface area contributed by atoms with Crippen molar-refractivity contribution >= 4 is 21.6 Å². The van der Waals surface area contributed by atoms with E-state index in [1.54, 1.807) is 23.1 Å². The van der Waals surface area contributed by atoms with Crippen molar-refractivity contribution in [1.29, 1.82) is 0 Å². The van der Waals surface area contributed by atoms with Crippen LogP contribution in [0, 0.1) is 0 Å². The van der Waals surface area contributed by atoms with E-state index in [1.807, 2.05) is 20.8 Å². The molecule has 1 aliphatic heterocycles. The van der Waals surface area contributed by atoms with Crippen LogP contribution in [0.4, 0.5) is 5.69 Å². The van der Waals surface area contributed by atoms with E-state index in [2.05, 4.69) is 4.72 Å². The first-order chi connectivity index (χ1) is 9.76. The quantitative estimate of drug-likeness (QED) is 0.925. The van der Waals surface area contributed by atoms with Crippen molar-refractivity contribution in [2.75, 3.05) is 4.90 Å². The lowest BCUT2D eigenvalue weighted by Gasteiger charge is -2.20. The molecule has 0 aromatic heterocycles. The van der Waals surface area contributed by atoms with Crippen LogP contribution >= 0.6 is 0 Å².